The van der Waals surface area contributed by atoms with E-state index in [1.54, 1.807) is 0 Å². The highest BCUT2D eigenvalue weighted by Gasteiger charge is 2.14. The normalized spacial score (nSPS) is 17.7. The summed E-state index contributed by atoms with van der Waals surface area (Å²) in [6.07, 6.45) is 8.13. The number of hydroxylamine groups is 1. The minimum Gasteiger partial charge on any atom is -0.356 e. The van der Waals surface area contributed by atoms with E-state index in [4.69, 9.17) is 4.84 Å². The van der Waals surface area contributed by atoms with Crippen molar-refractivity contribution in [3.05, 3.63) is 0 Å². The van der Waals surface area contributed by atoms with Crippen LogP contribution in [-0.4, -0.2) is 19.8 Å². The van der Waals surface area contributed by atoms with Crippen LogP contribution in [0.15, 0.2) is 0 Å². The quantitative estimate of drug-likeness (QED) is 0.419. The molecule has 88 valence electrons. The minimum atomic E-state index is -0.0439. The lowest BCUT2D eigenvalue weighted by Crippen LogP contribution is -2.25. The maximum atomic E-state index is 11.3. The molecule has 4 heteroatoms. The first-order chi connectivity index (χ1) is 7.33. The SMILES string of the molecule is COCONC(=O)CCC1CCCCC1. The summed E-state index contributed by atoms with van der Waals surface area (Å²) in [5.41, 5.74) is 2.36. The highest BCUT2D eigenvalue weighted by atomic mass is 16.8. The lowest BCUT2D eigenvalue weighted by Gasteiger charge is -2.20. The average molecular weight is 215 g/mol. The molecular formula is C11H21NO3. The largest absolute Gasteiger partial charge is 0.356 e. The fraction of sp³-hybridized carbons (Fsp3) is 0.909. The van der Waals surface area contributed by atoms with Crippen LogP contribution in [0.1, 0.15) is 44.9 Å². The van der Waals surface area contributed by atoms with Crippen LogP contribution < -0.4 is 5.48 Å². The molecule has 1 fully saturated rings. The molecule has 0 heterocycles. The molecule has 4 nitrogen and oxygen atoms in total. The van der Waals surface area contributed by atoms with E-state index < -0.39 is 0 Å². The zero-order chi connectivity index (χ0) is 10.9. The minimum absolute atomic E-state index is 0.0439. The number of carbonyl (C=O) groups excluding carboxylic acids is 1. The van der Waals surface area contributed by atoms with Crippen molar-refractivity contribution in [1.29, 1.82) is 0 Å². The Morgan fingerprint density at radius 1 is 1.33 bits per heavy atom. The molecule has 0 unspecified atom stereocenters. The summed E-state index contributed by atoms with van der Waals surface area (Å²) in [7, 11) is 1.52. The molecule has 1 aliphatic rings. The summed E-state index contributed by atoms with van der Waals surface area (Å²) in [5.74, 6) is 0.699. The summed E-state index contributed by atoms with van der Waals surface area (Å²) >= 11 is 0. The van der Waals surface area contributed by atoms with Gasteiger partial charge in [-0.1, -0.05) is 32.1 Å². The molecule has 15 heavy (non-hydrogen) atoms. The Labute approximate surface area is 91.3 Å². The standard InChI is InChI=1S/C11H21NO3/c1-14-9-15-12-11(13)8-7-10-5-3-2-4-6-10/h10H,2-9H2,1H3,(H,12,13). The van der Waals surface area contributed by atoms with E-state index in [1.165, 1.54) is 39.2 Å². The highest BCUT2D eigenvalue weighted by molar-refractivity contribution is 5.74. The summed E-state index contributed by atoms with van der Waals surface area (Å²) in [5, 5.41) is 0. The van der Waals surface area contributed by atoms with Crippen LogP contribution in [0.4, 0.5) is 0 Å². The van der Waals surface area contributed by atoms with E-state index >= 15 is 0 Å². The van der Waals surface area contributed by atoms with Crippen LogP contribution in [0.3, 0.4) is 0 Å². The van der Waals surface area contributed by atoms with E-state index in [0.29, 0.717) is 6.42 Å². The van der Waals surface area contributed by atoms with Crippen molar-refractivity contribution in [3.63, 3.8) is 0 Å². The first kappa shape index (κ1) is 12.5. The first-order valence-electron chi connectivity index (χ1n) is 5.72. The maximum absolute atomic E-state index is 11.3. The number of hydrogen-bond donors (Lipinski definition) is 1. The zero-order valence-corrected chi connectivity index (χ0v) is 9.46. The Morgan fingerprint density at radius 2 is 2.07 bits per heavy atom. The van der Waals surface area contributed by atoms with Gasteiger partial charge in [-0.15, -0.1) is 0 Å². The predicted molar refractivity (Wildman–Crippen MR) is 56.9 cm³/mol. The third-order valence-corrected chi connectivity index (χ3v) is 2.87. The van der Waals surface area contributed by atoms with Crippen molar-refractivity contribution in [2.45, 2.75) is 44.9 Å². The smallest absolute Gasteiger partial charge is 0.243 e. The molecular weight excluding hydrogens is 194 g/mol. The van der Waals surface area contributed by atoms with Gasteiger partial charge in [0.15, 0.2) is 6.79 Å². The van der Waals surface area contributed by atoms with E-state index in [1.807, 2.05) is 0 Å². The third kappa shape index (κ3) is 5.74. The molecule has 1 N–H and O–H groups in total. The maximum Gasteiger partial charge on any atom is 0.243 e. The van der Waals surface area contributed by atoms with Gasteiger partial charge in [-0.05, 0) is 12.3 Å². The molecule has 1 amide bonds. The van der Waals surface area contributed by atoms with Crippen molar-refractivity contribution in [3.8, 4) is 0 Å². The van der Waals surface area contributed by atoms with Crippen molar-refractivity contribution >= 4 is 5.91 Å². The van der Waals surface area contributed by atoms with Crippen molar-refractivity contribution in [2.75, 3.05) is 13.9 Å². The number of hydrogen-bond acceptors (Lipinski definition) is 3. The van der Waals surface area contributed by atoms with E-state index in [-0.39, 0.29) is 12.7 Å². The van der Waals surface area contributed by atoms with Gasteiger partial charge in [0, 0.05) is 13.5 Å². The third-order valence-electron chi connectivity index (χ3n) is 2.87. The second kappa shape index (κ2) is 7.65. The van der Waals surface area contributed by atoms with Crippen LogP contribution in [0.25, 0.3) is 0 Å². The molecule has 0 saturated heterocycles. The second-order valence-electron chi connectivity index (χ2n) is 4.12. The fourth-order valence-corrected chi connectivity index (χ4v) is 2.03. The van der Waals surface area contributed by atoms with Gasteiger partial charge < -0.3 is 4.74 Å². The highest BCUT2D eigenvalue weighted by Crippen LogP contribution is 2.27. The lowest BCUT2D eigenvalue weighted by molar-refractivity contribution is -0.144. The fourth-order valence-electron chi connectivity index (χ4n) is 2.03. The first-order valence-corrected chi connectivity index (χ1v) is 5.72. The van der Waals surface area contributed by atoms with Crippen LogP contribution in [-0.2, 0) is 14.4 Å². The lowest BCUT2D eigenvalue weighted by atomic mass is 9.86. The van der Waals surface area contributed by atoms with Gasteiger partial charge in [-0.2, -0.15) is 0 Å². The zero-order valence-electron chi connectivity index (χ0n) is 9.46. The van der Waals surface area contributed by atoms with Gasteiger partial charge >= 0.3 is 0 Å². The Kier molecular flexibility index (Phi) is 6.36. The molecule has 1 saturated carbocycles. The average Bonchev–Trinajstić information content (AvgIpc) is 2.28. The number of amides is 1. The van der Waals surface area contributed by atoms with Crippen molar-refractivity contribution in [1.82, 2.24) is 5.48 Å². The van der Waals surface area contributed by atoms with Gasteiger partial charge in [0.1, 0.15) is 0 Å². The van der Waals surface area contributed by atoms with Gasteiger partial charge in [0.25, 0.3) is 0 Å². The van der Waals surface area contributed by atoms with E-state index in [0.717, 1.165) is 12.3 Å². The van der Waals surface area contributed by atoms with E-state index in [2.05, 4.69) is 10.2 Å². The molecule has 1 rings (SSSR count). The Morgan fingerprint density at radius 3 is 2.73 bits per heavy atom. The van der Waals surface area contributed by atoms with Gasteiger partial charge in [0.05, 0.1) is 0 Å². The Balaban J connectivity index is 2.00. The molecule has 0 aliphatic heterocycles. The molecule has 0 aromatic heterocycles. The van der Waals surface area contributed by atoms with Crippen LogP contribution in [0.5, 0.6) is 0 Å². The number of ether oxygens (including phenoxy) is 1. The Bertz CT molecular complexity index is 179. The van der Waals surface area contributed by atoms with Gasteiger partial charge in [-0.3, -0.25) is 4.79 Å². The van der Waals surface area contributed by atoms with Crippen LogP contribution in [0, 0.1) is 5.92 Å². The molecule has 0 bridgehead atoms. The van der Waals surface area contributed by atoms with E-state index in [9.17, 15) is 4.79 Å². The van der Waals surface area contributed by atoms with Gasteiger partial charge in [0.2, 0.25) is 5.91 Å². The summed E-state index contributed by atoms with van der Waals surface area (Å²) in [4.78, 5) is 16.0. The van der Waals surface area contributed by atoms with Gasteiger partial charge in [-0.25, -0.2) is 10.3 Å². The molecule has 0 spiro atoms. The number of methoxy groups -OCH3 is 1. The number of carbonyl (C=O) groups is 1. The predicted octanol–water partition coefficient (Wildman–Crippen LogP) is 2.00. The topological polar surface area (TPSA) is 47.6 Å². The molecule has 0 radical (unpaired) electrons. The monoisotopic (exact) mass is 215 g/mol. The number of rotatable bonds is 6. The summed E-state index contributed by atoms with van der Waals surface area (Å²) < 4.78 is 4.65. The molecule has 0 aromatic carbocycles. The Hall–Kier alpha value is -0.610. The summed E-state index contributed by atoms with van der Waals surface area (Å²) in [6, 6.07) is 0. The molecule has 0 aromatic rings. The number of nitrogens with one attached hydrogen (secondary N) is 1. The van der Waals surface area contributed by atoms with Crippen LogP contribution in [0.2, 0.25) is 0 Å². The van der Waals surface area contributed by atoms with Crippen molar-refractivity contribution in [2.24, 2.45) is 5.92 Å². The molecule has 1 aliphatic carbocycles. The second-order valence-corrected chi connectivity index (χ2v) is 4.12. The van der Waals surface area contributed by atoms with Crippen LogP contribution >= 0.6 is 0 Å². The van der Waals surface area contributed by atoms with Crippen molar-refractivity contribution < 1.29 is 14.4 Å². The molecule has 0 atom stereocenters. The summed E-state index contributed by atoms with van der Waals surface area (Å²) in [6.45, 7) is 0.106.